The highest BCUT2D eigenvalue weighted by molar-refractivity contribution is 5.80. The van der Waals surface area contributed by atoms with E-state index >= 15 is 0 Å². The van der Waals surface area contributed by atoms with Crippen molar-refractivity contribution in [2.24, 2.45) is 5.92 Å². The third kappa shape index (κ3) is 4.79. The van der Waals surface area contributed by atoms with Gasteiger partial charge in [-0.1, -0.05) is 55.5 Å². The summed E-state index contributed by atoms with van der Waals surface area (Å²) in [6.45, 7) is 4.45. The summed E-state index contributed by atoms with van der Waals surface area (Å²) < 4.78 is 5.62. The highest BCUT2D eigenvalue weighted by atomic mass is 16.5. The van der Waals surface area contributed by atoms with Gasteiger partial charge >= 0.3 is 12.1 Å². The molecule has 2 N–H and O–H groups in total. The van der Waals surface area contributed by atoms with Crippen LogP contribution in [0.4, 0.5) is 4.79 Å². The van der Waals surface area contributed by atoms with Crippen LogP contribution in [-0.2, 0) is 14.3 Å². The van der Waals surface area contributed by atoms with Crippen molar-refractivity contribution in [3.8, 4) is 11.1 Å². The molecule has 1 saturated heterocycles. The predicted octanol–water partition coefficient (Wildman–Crippen LogP) is 4.41. The van der Waals surface area contributed by atoms with Crippen LogP contribution in [0.5, 0.6) is 0 Å². The fourth-order valence-electron chi connectivity index (χ4n) is 5.26. The van der Waals surface area contributed by atoms with Crippen molar-refractivity contribution in [2.75, 3.05) is 13.2 Å². The molecule has 4 rings (SSSR count). The molecule has 2 aromatic rings. The van der Waals surface area contributed by atoms with Gasteiger partial charge in [0.1, 0.15) is 6.61 Å². The second-order valence-corrected chi connectivity index (χ2v) is 9.19. The summed E-state index contributed by atoms with van der Waals surface area (Å²) in [7, 11) is 0. The highest BCUT2D eigenvalue weighted by Crippen LogP contribution is 2.44. The number of hydrogen-bond donors (Lipinski definition) is 2. The van der Waals surface area contributed by atoms with E-state index in [1.54, 1.807) is 11.8 Å². The zero-order valence-electron chi connectivity index (χ0n) is 19.7. The van der Waals surface area contributed by atoms with Crippen molar-refractivity contribution >= 4 is 18.0 Å². The Balaban J connectivity index is 1.34. The Labute approximate surface area is 200 Å². The molecule has 1 aliphatic carbocycles. The van der Waals surface area contributed by atoms with Crippen LogP contribution < -0.4 is 5.32 Å². The number of aliphatic carboxylic acids is 1. The smallest absolute Gasteiger partial charge is 0.407 e. The molecule has 3 atom stereocenters. The highest BCUT2D eigenvalue weighted by Gasteiger charge is 2.36. The third-order valence-corrected chi connectivity index (χ3v) is 7.21. The molecule has 0 bridgehead atoms. The maximum absolute atomic E-state index is 12.9. The van der Waals surface area contributed by atoms with Crippen molar-refractivity contribution < 1.29 is 24.2 Å². The lowest BCUT2D eigenvalue weighted by atomic mass is 9.90. The van der Waals surface area contributed by atoms with Crippen LogP contribution in [0.2, 0.25) is 0 Å². The summed E-state index contributed by atoms with van der Waals surface area (Å²) in [6.07, 6.45) is 1.40. The molecule has 7 nitrogen and oxygen atoms in total. The lowest BCUT2D eigenvalue weighted by Gasteiger charge is -2.38. The largest absolute Gasteiger partial charge is 0.481 e. The quantitative estimate of drug-likeness (QED) is 0.633. The molecular weight excluding hydrogens is 432 g/mol. The van der Waals surface area contributed by atoms with Gasteiger partial charge in [-0.15, -0.1) is 0 Å². The van der Waals surface area contributed by atoms with Crippen molar-refractivity contribution in [1.82, 2.24) is 10.2 Å². The van der Waals surface area contributed by atoms with E-state index in [9.17, 15) is 19.5 Å². The first kappa shape index (κ1) is 23.8. The SMILES string of the molecule is CCC(CC(=O)N1CCC[C@H](C(=O)O)[C@@H]1C)NC(=O)OCC1c2ccccc2-c2ccccc21. The minimum Gasteiger partial charge on any atom is -0.481 e. The molecule has 0 radical (unpaired) electrons. The van der Waals surface area contributed by atoms with Gasteiger partial charge in [0, 0.05) is 31.0 Å². The number of piperidine rings is 1. The van der Waals surface area contributed by atoms with E-state index in [0.717, 1.165) is 11.1 Å². The van der Waals surface area contributed by atoms with Crippen LogP contribution in [0.1, 0.15) is 56.6 Å². The maximum atomic E-state index is 12.9. The minimum atomic E-state index is -0.867. The lowest BCUT2D eigenvalue weighted by Crippen LogP contribution is -2.50. The van der Waals surface area contributed by atoms with E-state index in [2.05, 4.69) is 29.6 Å². The summed E-state index contributed by atoms with van der Waals surface area (Å²) >= 11 is 0. The Hall–Kier alpha value is -3.35. The molecule has 2 aliphatic rings. The normalized spacial score (nSPS) is 20.2. The van der Waals surface area contributed by atoms with E-state index in [4.69, 9.17) is 4.74 Å². The fraction of sp³-hybridized carbons (Fsp3) is 0.444. The average molecular weight is 465 g/mol. The zero-order valence-corrected chi connectivity index (χ0v) is 19.7. The first-order chi connectivity index (χ1) is 16.4. The topological polar surface area (TPSA) is 95.9 Å². The van der Waals surface area contributed by atoms with E-state index in [0.29, 0.717) is 25.8 Å². The summed E-state index contributed by atoms with van der Waals surface area (Å²) in [5.41, 5.74) is 4.62. The van der Waals surface area contributed by atoms with Gasteiger partial charge in [-0.3, -0.25) is 9.59 Å². The van der Waals surface area contributed by atoms with Crippen LogP contribution in [0.15, 0.2) is 48.5 Å². The number of ether oxygens (including phenoxy) is 1. The minimum absolute atomic E-state index is 0.0259. The second-order valence-electron chi connectivity index (χ2n) is 9.19. The number of carbonyl (C=O) groups is 3. The first-order valence-corrected chi connectivity index (χ1v) is 12.0. The van der Waals surface area contributed by atoms with Crippen molar-refractivity contribution in [2.45, 2.75) is 57.5 Å². The van der Waals surface area contributed by atoms with Crippen LogP contribution in [0.3, 0.4) is 0 Å². The number of alkyl carbamates (subject to hydrolysis) is 1. The number of nitrogens with zero attached hydrogens (tertiary/aromatic N) is 1. The Morgan fingerprint density at radius 2 is 1.71 bits per heavy atom. The molecule has 0 aromatic heterocycles. The van der Waals surface area contributed by atoms with E-state index < -0.39 is 18.0 Å². The van der Waals surface area contributed by atoms with Crippen LogP contribution in [-0.4, -0.2) is 53.2 Å². The van der Waals surface area contributed by atoms with E-state index in [1.807, 2.05) is 31.2 Å². The van der Waals surface area contributed by atoms with Gasteiger partial charge in [0.2, 0.25) is 5.91 Å². The number of hydrogen-bond acceptors (Lipinski definition) is 4. The molecule has 1 aliphatic heterocycles. The van der Waals surface area contributed by atoms with Gasteiger partial charge in [-0.25, -0.2) is 4.79 Å². The standard InChI is InChI=1S/C27H32N2O5/c1-3-18(15-25(30)29-14-8-13-19(17(29)2)26(31)32)28-27(33)34-16-24-22-11-6-4-9-20(22)21-10-5-7-12-23(21)24/h4-7,9-12,17-19,24H,3,8,13-16H2,1-2H3,(H,28,33)(H,31,32)/t17-,18?,19-/m0/s1. The average Bonchev–Trinajstić information content (AvgIpc) is 3.16. The molecule has 0 saturated carbocycles. The van der Waals surface area contributed by atoms with Crippen molar-refractivity contribution in [1.29, 1.82) is 0 Å². The van der Waals surface area contributed by atoms with E-state index in [1.165, 1.54) is 11.1 Å². The van der Waals surface area contributed by atoms with Gasteiger partial charge in [0.05, 0.1) is 5.92 Å². The van der Waals surface area contributed by atoms with Gasteiger partial charge in [-0.2, -0.15) is 0 Å². The van der Waals surface area contributed by atoms with Crippen molar-refractivity contribution in [3.63, 3.8) is 0 Å². The Bertz CT molecular complexity index is 1020. The molecule has 0 spiro atoms. The molecule has 2 aromatic carbocycles. The summed E-state index contributed by atoms with van der Waals surface area (Å²) in [5.74, 6) is -1.58. The number of likely N-dealkylation sites (tertiary alicyclic amines) is 1. The van der Waals surface area contributed by atoms with Crippen LogP contribution >= 0.6 is 0 Å². The molecule has 7 heteroatoms. The maximum Gasteiger partial charge on any atom is 0.407 e. The number of nitrogens with one attached hydrogen (secondary N) is 1. The van der Waals surface area contributed by atoms with Gasteiger partial charge in [0.15, 0.2) is 0 Å². The lowest BCUT2D eigenvalue weighted by molar-refractivity contribution is -0.149. The number of carbonyl (C=O) groups excluding carboxylic acids is 2. The monoisotopic (exact) mass is 464 g/mol. The molecule has 34 heavy (non-hydrogen) atoms. The number of fused-ring (bicyclic) bond motifs is 3. The number of rotatable bonds is 7. The summed E-state index contributed by atoms with van der Waals surface area (Å²) in [5, 5.41) is 12.2. The number of amides is 2. The van der Waals surface area contributed by atoms with Gasteiger partial charge in [-0.05, 0) is 48.4 Å². The zero-order chi connectivity index (χ0) is 24.2. The third-order valence-electron chi connectivity index (χ3n) is 7.21. The van der Waals surface area contributed by atoms with Crippen LogP contribution in [0.25, 0.3) is 11.1 Å². The van der Waals surface area contributed by atoms with Gasteiger partial charge in [0.25, 0.3) is 0 Å². The predicted molar refractivity (Wildman–Crippen MR) is 128 cm³/mol. The Morgan fingerprint density at radius 1 is 1.09 bits per heavy atom. The molecule has 2 amide bonds. The molecule has 1 heterocycles. The number of benzene rings is 2. The molecule has 1 unspecified atom stereocenters. The van der Waals surface area contributed by atoms with Crippen molar-refractivity contribution in [3.05, 3.63) is 59.7 Å². The summed E-state index contributed by atoms with van der Waals surface area (Å²) in [6, 6.07) is 15.6. The van der Waals surface area contributed by atoms with Crippen LogP contribution in [0, 0.1) is 5.92 Å². The summed E-state index contributed by atoms with van der Waals surface area (Å²) in [4.78, 5) is 38.7. The molecule has 180 valence electrons. The number of carboxylic acid groups (broad SMARTS) is 1. The second kappa shape index (κ2) is 10.3. The molecular formula is C27H32N2O5. The van der Waals surface area contributed by atoms with E-state index in [-0.39, 0.29) is 36.9 Å². The molecule has 1 fully saturated rings. The first-order valence-electron chi connectivity index (χ1n) is 12.0. The fourth-order valence-corrected chi connectivity index (χ4v) is 5.26. The Kier molecular flexibility index (Phi) is 7.20. The van der Waals surface area contributed by atoms with Gasteiger partial charge < -0.3 is 20.1 Å². The number of carboxylic acids is 1. The Morgan fingerprint density at radius 3 is 2.29 bits per heavy atom.